The van der Waals surface area contributed by atoms with E-state index in [1.165, 1.54) is 19.2 Å². The Morgan fingerprint density at radius 3 is 2.95 bits per heavy atom. The van der Waals surface area contributed by atoms with Gasteiger partial charge in [-0.2, -0.15) is 0 Å². The third-order valence-electron chi connectivity index (χ3n) is 3.58. The molecule has 0 bridgehead atoms. The first kappa shape index (κ1) is 11.1. The van der Waals surface area contributed by atoms with Crippen LogP contribution in [0.2, 0.25) is 5.02 Å². The zero-order chi connectivity index (χ0) is 12.8. The molecule has 0 atom stereocenters. The molecule has 0 saturated heterocycles. The molecule has 0 aliphatic heterocycles. The second kappa shape index (κ2) is 4.10. The molecule has 1 fully saturated rings. The Morgan fingerprint density at radius 2 is 2.21 bits per heavy atom. The minimum Gasteiger partial charge on any atom is -0.422 e. The van der Waals surface area contributed by atoms with Gasteiger partial charge in [-0.15, -0.1) is 10.2 Å². The van der Waals surface area contributed by atoms with Crippen molar-refractivity contribution in [3.63, 3.8) is 0 Å². The Balaban J connectivity index is 1.95. The Hall–Kier alpha value is -1.81. The molecular weight excluding hydrogens is 262 g/mol. The van der Waals surface area contributed by atoms with Gasteiger partial charge in [0.1, 0.15) is 5.69 Å². The van der Waals surface area contributed by atoms with Crippen LogP contribution in [-0.4, -0.2) is 14.8 Å². The molecule has 0 spiro atoms. The Labute approximate surface area is 115 Å². The van der Waals surface area contributed by atoms with Crippen molar-refractivity contribution in [1.82, 2.24) is 14.8 Å². The lowest BCUT2D eigenvalue weighted by Crippen LogP contribution is -2.01. The molecule has 5 heteroatoms. The van der Waals surface area contributed by atoms with E-state index in [9.17, 15) is 0 Å². The minimum atomic E-state index is 0.563. The van der Waals surface area contributed by atoms with Crippen molar-refractivity contribution < 1.29 is 4.42 Å². The van der Waals surface area contributed by atoms with Crippen molar-refractivity contribution in [1.29, 1.82) is 0 Å². The normalized spacial score (nSPS) is 15.2. The monoisotopic (exact) mass is 273 g/mol. The van der Waals surface area contributed by atoms with Crippen molar-refractivity contribution >= 4 is 22.5 Å². The van der Waals surface area contributed by atoms with E-state index in [0.717, 1.165) is 34.1 Å². The van der Waals surface area contributed by atoms with Gasteiger partial charge in [-0.3, -0.25) is 0 Å². The first-order valence-electron chi connectivity index (χ1n) is 6.36. The van der Waals surface area contributed by atoms with Crippen LogP contribution in [0.1, 0.15) is 12.8 Å². The van der Waals surface area contributed by atoms with Crippen LogP contribution in [0.5, 0.6) is 0 Å². The standard InChI is InChI=1S/C14H12ClN3O/c15-11-4-3-10-5-13(14-17-16-8-19-14)18(12(10)6-11)7-9-1-2-9/h3-6,8-9H,1-2,7H2. The minimum absolute atomic E-state index is 0.563. The van der Waals surface area contributed by atoms with E-state index in [-0.39, 0.29) is 0 Å². The number of hydrogen-bond donors (Lipinski definition) is 0. The van der Waals surface area contributed by atoms with Crippen LogP contribution >= 0.6 is 11.6 Å². The van der Waals surface area contributed by atoms with Gasteiger partial charge in [-0.05, 0) is 37.0 Å². The van der Waals surface area contributed by atoms with Crippen LogP contribution < -0.4 is 0 Å². The molecule has 0 radical (unpaired) electrons. The molecule has 0 unspecified atom stereocenters. The molecule has 96 valence electrons. The fourth-order valence-corrected chi connectivity index (χ4v) is 2.61. The van der Waals surface area contributed by atoms with Crippen LogP contribution in [0.3, 0.4) is 0 Å². The quantitative estimate of drug-likeness (QED) is 0.730. The third-order valence-corrected chi connectivity index (χ3v) is 3.82. The van der Waals surface area contributed by atoms with Gasteiger partial charge in [0.25, 0.3) is 5.89 Å². The number of nitrogens with zero attached hydrogens (tertiary/aromatic N) is 3. The molecule has 1 saturated carbocycles. The lowest BCUT2D eigenvalue weighted by molar-refractivity contribution is 0.555. The molecule has 1 aliphatic carbocycles. The highest BCUT2D eigenvalue weighted by Gasteiger charge is 2.25. The van der Waals surface area contributed by atoms with Crippen LogP contribution in [0, 0.1) is 5.92 Å². The summed E-state index contributed by atoms with van der Waals surface area (Å²) in [6.07, 6.45) is 3.95. The summed E-state index contributed by atoms with van der Waals surface area (Å²) in [5.41, 5.74) is 2.11. The average Bonchev–Trinajstić information content (AvgIpc) is 2.93. The number of hydrogen-bond acceptors (Lipinski definition) is 3. The van der Waals surface area contributed by atoms with E-state index in [1.807, 2.05) is 18.2 Å². The van der Waals surface area contributed by atoms with Gasteiger partial charge in [0.15, 0.2) is 0 Å². The lowest BCUT2D eigenvalue weighted by Gasteiger charge is -2.07. The van der Waals surface area contributed by atoms with Gasteiger partial charge in [0.05, 0.1) is 5.52 Å². The summed E-state index contributed by atoms with van der Waals surface area (Å²) in [6.45, 7) is 0.988. The Bertz CT molecular complexity index is 729. The van der Waals surface area contributed by atoms with Gasteiger partial charge in [0.2, 0.25) is 6.39 Å². The second-order valence-electron chi connectivity index (χ2n) is 5.03. The fourth-order valence-electron chi connectivity index (χ4n) is 2.44. The molecular formula is C14H12ClN3O. The van der Waals surface area contributed by atoms with E-state index < -0.39 is 0 Å². The molecule has 1 aromatic carbocycles. The summed E-state index contributed by atoms with van der Waals surface area (Å²) >= 11 is 6.11. The van der Waals surface area contributed by atoms with Crippen molar-refractivity contribution in [2.75, 3.05) is 0 Å². The van der Waals surface area contributed by atoms with E-state index in [4.69, 9.17) is 16.0 Å². The maximum absolute atomic E-state index is 6.11. The van der Waals surface area contributed by atoms with Crippen molar-refractivity contribution in [2.45, 2.75) is 19.4 Å². The fraction of sp³-hybridized carbons (Fsp3) is 0.286. The van der Waals surface area contributed by atoms with E-state index in [2.05, 4.69) is 20.8 Å². The Morgan fingerprint density at radius 1 is 1.32 bits per heavy atom. The summed E-state index contributed by atoms with van der Waals surface area (Å²) in [4.78, 5) is 0. The van der Waals surface area contributed by atoms with E-state index >= 15 is 0 Å². The highest BCUT2D eigenvalue weighted by atomic mass is 35.5. The molecule has 4 nitrogen and oxygen atoms in total. The number of aromatic nitrogens is 3. The predicted molar refractivity (Wildman–Crippen MR) is 73.0 cm³/mol. The van der Waals surface area contributed by atoms with Gasteiger partial charge < -0.3 is 8.98 Å². The largest absolute Gasteiger partial charge is 0.422 e. The number of halogens is 1. The molecule has 3 aromatic rings. The highest BCUT2D eigenvalue weighted by Crippen LogP contribution is 2.36. The lowest BCUT2D eigenvalue weighted by atomic mass is 10.2. The molecule has 19 heavy (non-hydrogen) atoms. The molecule has 2 heterocycles. The maximum Gasteiger partial charge on any atom is 0.264 e. The molecule has 4 rings (SSSR count). The number of fused-ring (bicyclic) bond motifs is 1. The van der Waals surface area contributed by atoms with Gasteiger partial charge in [-0.1, -0.05) is 17.7 Å². The summed E-state index contributed by atoms with van der Waals surface area (Å²) in [7, 11) is 0. The van der Waals surface area contributed by atoms with Crippen LogP contribution in [0.4, 0.5) is 0 Å². The number of benzene rings is 1. The molecule has 2 aromatic heterocycles. The SMILES string of the molecule is Clc1ccc2cc(-c3nnco3)n(CC3CC3)c2c1. The smallest absolute Gasteiger partial charge is 0.264 e. The third kappa shape index (κ3) is 1.92. The molecule has 0 N–H and O–H groups in total. The summed E-state index contributed by atoms with van der Waals surface area (Å²) in [5, 5.41) is 9.69. The first-order valence-corrected chi connectivity index (χ1v) is 6.74. The average molecular weight is 274 g/mol. The van der Waals surface area contributed by atoms with E-state index in [1.54, 1.807) is 0 Å². The van der Waals surface area contributed by atoms with Crippen LogP contribution in [-0.2, 0) is 6.54 Å². The number of rotatable bonds is 3. The predicted octanol–water partition coefficient (Wildman–Crippen LogP) is 3.75. The first-order chi connectivity index (χ1) is 9.31. The summed E-state index contributed by atoms with van der Waals surface area (Å²) in [5.74, 6) is 1.32. The van der Waals surface area contributed by atoms with Crippen LogP contribution in [0.15, 0.2) is 35.1 Å². The van der Waals surface area contributed by atoms with Crippen molar-refractivity contribution in [3.8, 4) is 11.6 Å². The summed E-state index contributed by atoms with van der Waals surface area (Å²) in [6, 6.07) is 8.02. The van der Waals surface area contributed by atoms with Crippen molar-refractivity contribution in [2.24, 2.45) is 5.92 Å². The van der Waals surface area contributed by atoms with Crippen LogP contribution in [0.25, 0.3) is 22.5 Å². The summed E-state index contributed by atoms with van der Waals surface area (Å²) < 4.78 is 7.59. The maximum atomic E-state index is 6.11. The van der Waals surface area contributed by atoms with E-state index in [0.29, 0.717) is 5.89 Å². The van der Waals surface area contributed by atoms with Gasteiger partial charge >= 0.3 is 0 Å². The molecule has 1 aliphatic rings. The zero-order valence-corrected chi connectivity index (χ0v) is 11.0. The zero-order valence-electron chi connectivity index (χ0n) is 10.2. The topological polar surface area (TPSA) is 43.9 Å². The van der Waals surface area contributed by atoms with Crippen molar-refractivity contribution in [3.05, 3.63) is 35.7 Å². The Kier molecular flexibility index (Phi) is 2.38. The molecule has 0 amide bonds. The highest BCUT2D eigenvalue weighted by molar-refractivity contribution is 6.31. The van der Waals surface area contributed by atoms with Gasteiger partial charge in [-0.25, -0.2) is 0 Å². The second-order valence-corrected chi connectivity index (χ2v) is 5.47. The van der Waals surface area contributed by atoms with Gasteiger partial charge in [0, 0.05) is 17.0 Å².